The summed E-state index contributed by atoms with van der Waals surface area (Å²) in [5.74, 6) is 0.311. The van der Waals surface area contributed by atoms with Crippen molar-refractivity contribution >= 4 is 104 Å². The van der Waals surface area contributed by atoms with Crippen molar-refractivity contribution in [2.45, 2.75) is 40.5 Å². The summed E-state index contributed by atoms with van der Waals surface area (Å²) in [5.41, 5.74) is 0.150. The Balaban J connectivity index is -0.000000602. The van der Waals surface area contributed by atoms with Crippen LogP contribution in [0, 0.1) is 11.3 Å². The van der Waals surface area contributed by atoms with Crippen molar-refractivity contribution < 1.29 is 28.7 Å². The van der Waals surface area contributed by atoms with Gasteiger partial charge in [-0.15, -0.1) is 0 Å². The first-order chi connectivity index (χ1) is 8.68. The predicted octanol–water partition coefficient (Wildman–Crippen LogP) is 0.879. The van der Waals surface area contributed by atoms with Crippen molar-refractivity contribution in [3.63, 3.8) is 0 Å². The fourth-order valence-corrected chi connectivity index (χ4v) is 3.94. The van der Waals surface area contributed by atoms with E-state index in [-0.39, 0.29) is 101 Å². The third-order valence-corrected chi connectivity index (χ3v) is 4.20. The maximum Gasteiger partial charge on any atom is 0.339 e. The van der Waals surface area contributed by atoms with Crippen LogP contribution in [0.1, 0.15) is 40.5 Å². The minimum absolute atomic E-state index is 0. The van der Waals surface area contributed by atoms with E-state index in [4.69, 9.17) is 19.6 Å². The molecule has 0 aliphatic heterocycles. The molecule has 4 N–H and O–H groups in total. The molecule has 12 heteroatoms. The molecule has 0 spiro atoms. The van der Waals surface area contributed by atoms with E-state index in [9.17, 15) is 9.13 Å². The maximum atomic E-state index is 11.0. The molecule has 1 unspecified atom stereocenters. The van der Waals surface area contributed by atoms with Gasteiger partial charge in [0.25, 0.3) is 0 Å². The molecule has 0 aliphatic rings. The van der Waals surface area contributed by atoms with E-state index in [0.717, 1.165) is 11.3 Å². The molecule has 0 bridgehead atoms. The maximum absolute atomic E-state index is 11.0. The normalized spacial score (nSPS) is 13.6. The van der Waals surface area contributed by atoms with Gasteiger partial charge in [0.2, 0.25) is 0 Å². The SMILES string of the molecule is CC(CCN(CP(=O)(O)O)CP(=O)(O)O)CC(C)(C)C.[Na].[Na].[Na]. The second-order valence-electron chi connectivity index (χ2n) is 6.67. The Hall–Kier alpha value is 3.26. The molecule has 0 rings (SSSR count). The zero-order valence-electron chi connectivity index (χ0n) is 15.6. The van der Waals surface area contributed by atoms with Gasteiger partial charge in [-0.3, -0.25) is 14.0 Å². The number of rotatable bonds is 8. The van der Waals surface area contributed by atoms with Crippen LogP contribution in [-0.2, 0) is 9.13 Å². The van der Waals surface area contributed by atoms with Crippen LogP contribution in [0.25, 0.3) is 0 Å². The fraction of sp³-hybridized carbons (Fsp3) is 1.00. The van der Waals surface area contributed by atoms with Gasteiger partial charge in [-0.1, -0.05) is 27.7 Å². The summed E-state index contributed by atoms with van der Waals surface area (Å²) in [6.45, 7) is 8.59. The van der Waals surface area contributed by atoms with Crippen molar-refractivity contribution in [1.29, 1.82) is 0 Å². The van der Waals surface area contributed by atoms with E-state index in [2.05, 4.69) is 20.8 Å². The zero-order chi connectivity index (χ0) is 16.2. The molecular weight excluding hydrogens is 373 g/mol. The van der Waals surface area contributed by atoms with Gasteiger partial charge in [-0.05, 0) is 30.7 Å². The van der Waals surface area contributed by atoms with Crippen LogP contribution in [0.5, 0.6) is 0 Å². The van der Waals surface area contributed by atoms with E-state index in [0.29, 0.717) is 12.3 Å². The molecule has 7 nitrogen and oxygen atoms in total. The minimum Gasteiger partial charge on any atom is -0.324 e. The Labute approximate surface area is 205 Å². The topological polar surface area (TPSA) is 118 Å². The first kappa shape index (κ1) is 33.8. The van der Waals surface area contributed by atoms with Crippen LogP contribution in [-0.4, -0.2) is 132 Å². The molecule has 0 saturated heterocycles. The summed E-state index contributed by atoms with van der Waals surface area (Å²) in [7, 11) is -8.65. The van der Waals surface area contributed by atoms with Crippen LogP contribution in [0.2, 0.25) is 0 Å². The summed E-state index contributed by atoms with van der Waals surface area (Å²) in [6, 6.07) is 0. The number of nitrogens with zero attached hydrogens (tertiary/aromatic N) is 1. The minimum atomic E-state index is -4.33. The molecule has 0 aromatic rings. The molecule has 23 heavy (non-hydrogen) atoms. The Morgan fingerprint density at radius 2 is 1.26 bits per heavy atom. The summed E-state index contributed by atoms with van der Waals surface area (Å²) in [5, 5.41) is 0. The van der Waals surface area contributed by atoms with Crippen molar-refractivity contribution in [2.24, 2.45) is 11.3 Å². The summed E-state index contributed by atoms with van der Waals surface area (Å²) in [6.07, 6.45) is 0.324. The standard InChI is InChI=1S/C11H27NO6P2.3Na/c1-10(7-11(2,3)4)5-6-12(8-19(13,14)15)9-20(16,17)18;;;/h10H,5-9H2,1-4H3,(H2,13,14,15)(H2,16,17,18);;;. The Bertz CT molecular complexity index is 372. The van der Waals surface area contributed by atoms with Crippen LogP contribution in [0.3, 0.4) is 0 Å². The Morgan fingerprint density at radius 3 is 1.52 bits per heavy atom. The first-order valence-electron chi connectivity index (χ1n) is 6.49. The molecule has 0 aromatic carbocycles. The zero-order valence-corrected chi connectivity index (χ0v) is 23.3. The van der Waals surface area contributed by atoms with Gasteiger partial charge in [-0.2, -0.15) is 0 Å². The van der Waals surface area contributed by atoms with Gasteiger partial charge in [0, 0.05) is 88.7 Å². The third-order valence-electron chi connectivity index (χ3n) is 2.67. The average molecular weight is 400 g/mol. The third kappa shape index (κ3) is 25.3. The van der Waals surface area contributed by atoms with Gasteiger partial charge in [0.05, 0.1) is 0 Å². The van der Waals surface area contributed by atoms with E-state index in [1.807, 2.05) is 6.92 Å². The Morgan fingerprint density at radius 1 is 0.913 bits per heavy atom. The van der Waals surface area contributed by atoms with Crippen molar-refractivity contribution in [1.82, 2.24) is 4.90 Å². The predicted molar refractivity (Wildman–Crippen MR) is 95.6 cm³/mol. The van der Waals surface area contributed by atoms with Crippen molar-refractivity contribution in [3.8, 4) is 0 Å². The van der Waals surface area contributed by atoms with Crippen LogP contribution >= 0.6 is 15.2 Å². The monoisotopic (exact) mass is 400 g/mol. The summed E-state index contributed by atoms with van der Waals surface area (Å²) in [4.78, 5) is 37.0. The van der Waals surface area contributed by atoms with Gasteiger partial charge >= 0.3 is 15.2 Å². The molecule has 0 heterocycles. The van der Waals surface area contributed by atoms with Gasteiger partial charge in [-0.25, -0.2) is 0 Å². The van der Waals surface area contributed by atoms with Crippen LogP contribution < -0.4 is 0 Å². The molecule has 0 saturated carbocycles. The molecule has 0 aromatic heterocycles. The summed E-state index contributed by atoms with van der Waals surface area (Å²) < 4.78 is 22.0. The fourth-order valence-electron chi connectivity index (χ4n) is 2.26. The van der Waals surface area contributed by atoms with Gasteiger partial charge in [0.15, 0.2) is 0 Å². The number of hydrogen-bond acceptors (Lipinski definition) is 3. The quantitative estimate of drug-likeness (QED) is 0.353. The van der Waals surface area contributed by atoms with E-state index >= 15 is 0 Å². The van der Waals surface area contributed by atoms with Gasteiger partial charge in [0.1, 0.15) is 12.6 Å². The molecule has 0 aliphatic carbocycles. The average Bonchev–Trinajstić information content (AvgIpc) is 2.06. The molecule has 0 fully saturated rings. The van der Waals surface area contributed by atoms with Crippen molar-refractivity contribution in [3.05, 3.63) is 0 Å². The Kier molecular flexibility index (Phi) is 21.0. The molecule has 1 atom stereocenters. The molecular formula is C11H27NNa3O6P2. The molecule has 3 radical (unpaired) electrons. The smallest absolute Gasteiger partial charge is 0.324 e. The first-order valence-corrected chi connectivity index (χ1v) is 10.1. The van der Waals surface area contributed by atoms with Gasteiger partial charge < -0.3 is 19.6 Å². The second kappa shape index (κ2) is 14.3. The summed E-state index contributed by atoms with van der Waals surface area (Å²) >= 11 is 0. The second-order valence-corrected chi connectivity index (χ2v) is 9.89. The van der Waals surface area contributed by atoms with Crippen LogP contribution in [0.4, 0.5) is 0 Å². The van der Waals surface area contributed by atoms with E-state index in [1.54, 1.807) is 0 Å². The molecule has 125 valence electrons. The van der Waals surface area contributed by atoms with E-state index < -0.39 is 27.8 Å². The molecule has 0 amide bonds. The largest absolute Gasteiger partial charge is 0.339 e. The van der Waals surface area contributed by atoms with E-state index in [1.165, 1.54) is 0 Å². The number of hydrogen-bond donors (Lipinski definition) is 4. The van der Waals surface area contributed by atoms with Crippen LogP contribution in [0.15, 0.2) is 0 Å². The van der Waals surface area contributed by atoms with Crippen molar-refractivity contribution in [2.75, 3.05) is 19.1 Å².